The molecule has 0 bridgehead atoms. The molecule has 0 aliphatic rings. The maximum atomic E-state index is 12.4. The van der Waals surface area contributed by atoms with Gasteiger partial charge in [0.15, 0.2) is 11.5 Å². The van der Waals surface area contributed by atoms with Gasteiger partial charge in [-0.3, -0.25) is 9.48 Å². The molecule has 4 rings (SSSR count). The summed E-state index contributed by atoms with van der Waals surface area (Å²) in [6.07, 6.45) is 3.33. The van der Waals surface area contributed by atoms with Crippen molar-refractivity contribution < 1.29 is 9.32 Å². The normalized spacial score (nSPS) is 10.8. The zero-order valence-corrected chi connectivity index (χ0v) is 16.0. The topological polar surface area (TPSA) is 73.0 Å². The van der Waals surface area contributed by atoms with Gasteiger partial charge in [-0.15, -0.1) is 0 Å². The molecule has 0 radical (unpaired) electrons. The SMILES string of the molecule is O=C(Nc1cnn(Cc2ccccc2)c1)c1cc(-c2ccc(Cl)cc2Cl)on1. The van der Waals surface area contributed by atoms with E-state index in [0.717, 1.165) is 5.56 Å². The molecular weight excluding hydrogens is 399 g/mol. The number of carbonyl (C=O) groups is 1. The van der Waals surface area contributed by atoms with E-state index in [1.807, 2.05) is 30.3 Å². The van der Waals surface area contributed by atoms with Crippen LogP contribution in [0.15, 0.2) is 71.5 Å². The van der Waals surface area contributed by atoms with E-state index in [4.69, 9.17) is 27.7 Å². The Kier molecular flexibility index (Phi) is 5.14. The smallest absolute Gasteiger partial charge is 0.277 e. The molecule has 2 aromatic heterocycles. The van der Waals surface area contributed by atoms with Gasteiger partial charge in [0, 0.05) is 22.8 Å². The number of nitrogens with one attached hydrogen (secondary N) is 1. The van der Waals surface area contributed by atoms with Crippen molar-refractivity contribution in [1.29, 1.82) is 0 Å². The summed E-state index contributed by atoms with van der Waals surface area (Å²) in [6, 6.07) is 16.4. The van der Waals surface area contributed by atoms with Crippen LogP contribution in [0.1, 0.15) is 16.1 Å². The quantitative estimate of drug-likeness (QED) is 0.492. The average Bonchev–Trinajstić information content (AvgIpc) is 3.32. The summed E-state index contributed by atoms with van der Waals surface area (Å²) in [6.45, 7) is 0.611. The Morgan fingerprint density at radius 2 is 1.93 bits per heavy atom. The van der Waals surface area contributed by atoms with Gasteiger partial charge in [-0.2, -0.15) is 5.10 Å². The third kappa shape index (κ3) is 4.08. The standard InChI is InChI=1S/C20H14Cl2N4O2/c21-14-6-7-16(17(22)8-14)19-9-18(25-28-19)20(27)24-15-10-23-26(12-15)11-13-4-2-1-3-5-13/h1-10,12H,11H2,(H,24,27). The number of benzene rings is 2. The average molecular weight is 413 g/mol. The first kappa shape index (κ1) is 18.3. The Morgan fingerprint density at radius 1 is 1.11 bits per heavy atom. The van der Waals surface area contributed by atoms with Crippen LogP contribution >= 0.6 is 23.2 Å². The minimum atomic E-state index is -0.403. The lowest BCUT2D eigenvalue weighted by molar-refractivity contribution is 0.101. The number of amides is 1. The molecule has 0 spiro atoms. The summed E-state index contributed by atoms with van der Waals surface area (Å²) in [5.41, 5.74) is 2.42. The van der Waals surface area contributed by atoms with Gasteiger partial charge in [0.05, 0.1) is 23.5 Å². The van der Waals surface area contributed by atoms with Crippen LogP contribution in [0.25, 0.3) is 11.3 Å². The molecule has 6 nitrogen and oxygen atoms in total. The summed E-state index contributed by atoms with van der Waals surface area (Å²) in [5.74, 6) is -0.0223. The second-order valence-corrected chi connectivity index (χ2v) is 6.91. The number of carbonyl (C=O) groups excluding carboxylic acids is 1. The number of aromatic nitrogens is 3. The number of halogens is 2. The number of nitrogens with zero attached hydrogens (tertiary/aromatic N) is 3. The van der Waals surface area contributed by atoms with Crippen LogP contribution in [0.5, 0.6) is 0 Å². The van der Waals surface area contributed by atoms with E-state index in [0.29, 0.717) is 33.6 Å². The van der Waals surface area contributed by atoms with Gasteiger partial charge in [0.25, 0.3) is 5.91 Å². The van der Waals surface area contributed by atoms with Gasteiger partial charge >= 0.3 is 0 Å². The molecule has 28 heavy (non-hydrogen) atoms. The van der Waals surface area contributed by atoms with E-state index >= 15 is 0 Å². The number of rotatable bonds is 5. The molecule has 2 aromatic carbocycles. The highest BCUT2D eigenvalue weighted by Gasteiger charge is 2.16. The van der Waals surface area contributed by atoms with Gasteiger partial charge in [-0.05, 0) is 23.8 Å². The molecule has 4 aromatic rings. The van der Waals surface area contributed by atoms with E-state index in [2.05, 4.69) is 15.6 Å². The molecule has 0 fully saturated rings. The van der Waals surface area contributed by atoms with Crippen molar-refractivity contribution in [3.05, 3.63) is 88.3 Å². The fourth-order valence-electron chi connectivity index (χ4n) is 2.68. The van der Waals surface area contributed by atoms with E-state index in [1.165, 1.54) is 6.07 Å². The minimum absolute atomic E-state index is 0.136. The molecule has 0 aliphatic heterocycles. The molecular formula is C20H14Cl2N4O2. The lowest BCUT2D eigenvalue weighted by atomic mass is 10.1. The maximum absolute atomic E-state index is 12.4. The van der Waals surface area contributed by atoms with Crippen molar-refractivity contribution in [3.8, 4) is 11.3 Å². The van der Waals surface area contributed by atoms with Crippen molar-refractivity contribution in [2.24, 2.45) is 0 Å². The predicted molar refractivity (Wildman–Crippen MR) is 108 cm³/mol. The van der Waals surface area contributed by atoms with Crippen molar-refractivity contribution in [2.75, 3.05) is 5.32 Å². The van der Waals surface area contributed by atoms with Crippen molar-refractivity contribution in [3.63, 3.8) is 0 Å². The zero-order valence-electron chi connectivity index (χ0n) is 14.5. The second-order valence-electron chi connectivity index (χ2n) is 6.07. The number of hydrogen-bond donors (Lipinski definition) is 1. The molecule has 1 N–H and O–H groups in total. The molecule has 8 heteroatoms. The summed E-state index contributed by atoms with van der Waals surface area (Å²) in [5, 5.41) is 11.8. The highest BCUT2D eigenvalue weighted by atomic mass is 35.5. The highest BCUT2D eigenvalue weighted by molar-refractivity contribution is 6.36. The van der Waals surface area contributed by atoms with Crippen molar-refractivity contribution >= 4 is 34.8 Å². The third-order valence-electron chi connectivity index (χ3n) is 4.02. The Labute approximate surface area is 170 Å². The van der Waals surface area contributed by atoms with Crippen LogP contribution in [0.2, 0.25) is 10.0 Å². The lowest BCUT2D eigenvalue weighted by Crippen LogP contribution is -2.11. The highest BCUT2D eigenvalue weighted by Crippen LogP contribution is 2.30. The summed E-state index contributed by atoms with van der Waals surface area (Å²) in [7, 11) is 0. The second kappa shape index (κ2) is 7.88. The third-order valence-corrected chi connectivity index (χ3v) is 4.57. The number of anilines is 1. The van der Waals surface area contributed by atoms with Crippen LogP contribution in [-0.4, -0.2) is 20.8 Å². The zero-order chi connectivity index (χ0) is 19.5. The Hall–Kier alpha value is -3.09. The van der Waals surface area contributed by atoms with Crippen molar-refractivity contribution in [2.45, 2.75) is 6.54 Å². The van der Waals surface area contributed by atoms with Crippen LogP contribution in [0.4, 0.5) is 5.69 Å². The van der Waals surface area contributed by atoms with E-state index in [1.54, 1.807) is 35.3 Å². The molecule has 0 atom stereocenters. The first-order valence-corrected chi connectivity index (χ1v) is 9.14. The first-order valence-electron chi connectivity index (χ1n) is 8.38. The van der Waals surface area contributed by atoms with Crippen LogP contribution in [-0.2, 0) is 6.54 Å². The van der Waals surface area contributed by atoms with Gasteiger partial charge in [-0.25, -0.2) is 0 Å². The Balaban J connectivity index is 1.45. The fraction of sp³-hybridized carbons (Fsp3) is 0.0500. The molecule has 2 heterocycles. The molecule has 0 saturated heterocycles. The predicted octanol–water partition coefficient (Wildman–Crippen LogP) is 5.15. The van der Waals surface area contributed by atoms with E-state index < -0.39 is 5.91 Å². The Bertz CT molecular complexity index is 1120. The molecule has 0 aliphatic carbocycles. The molecule has 140 valence electrons. The van der Waals surface area contributed by atoms with E-state index in [-0.39, 0.29) is 5.69 Å². The van der Waals surface area contributed by atoms with Crippen LogP contribution in [0, 0.1) is 0 Å². The largest absolute Gasteiger partial charge is 0.355 e. The minimum Gasteiger partial charge on any atom is -0.355 e. The van der Waals surface area contributed by atoms with Crippen LogP contribution < -0.4 is 5.32 Å². The Morgan fingerprint density at radius 3 is 2.71 bits per heavy atom. The van der Waals surface area contributed by atoms with E-state index in [9.17, 15) is 4.79 Å². The lowest BCUT2D eigenvalue weighted by Gasteiger charge is -2.01. The van der Waals surface area contributed by atoms with Crippen LogP contribution in [0.3, 0.4) is 0 Å². The molecule has 0 unspecified atom stereocenters. The summed E-state index contributed by atoms with van der Waals surface area (Å²) < 4.78 is 7.00. The van der Waals surface area contributed by atoms with Crippen molar-refractivity contribution in [1.82, 2.24) is 14.9 Å². The summed E-state index contributed by atoms with van der Waals surface area (Å²) >= 11 is 12.1. The first-order chi connectivity index (χ1) is 13.6. The molecule has 1 amide bonds. The van der Waals surface area contributed by atoms with Gasteiger partial charge < -0.3 is 9.84 Å². The number of hydrogen-bond acceptors (Lipinski definition) is 4. The van der Waals surface area contributed by atoms with Gasteiger partial charge in [-0.1, -0.05) is 58.7 Å². The maximum Gasteiger partial charge on any atom is 0.277 e. The van der Waals surface area contributed by atoms with Gasteiger partial charge in [0.2, 0.25) is 0 Å². The summed E-state index contributed by atoms with van der Waals surface area (Å²) in [4.78, 5) is 12.4. The molecule has 0 saturated carbocycles. The van der Waals surface area contributed by atoms with Gasteiger partial charge in [0.1, 0.15) is 0 Å². The monoisotopic (exact) mass is 412 g/mol. The fourth-order valence-corrected chi connectivity index (χ4v) is 3.18.